The topological polar surface area (TPSA) is 0 Å². The zero-order chi connectivity index (χ0) is 10.1. The maximum absolute atomic E-state index is 3.69. The van der Waals surface area contributed by atoms with E-state index in [4.69, 9.17) is 0 Å². The van der Waals surface area contributed by atoms with Gasteiger partial charge in [0.2, 0.25) is 0 Å². The number of fused-ring (bicyclic) bond motifs is 1. The van der Waals surface area contributed by atoms with Crippen LogP contribution in [0.3, 0.4) is 0 Å². The smallest absolute Gasteiger partial charge is 0.0393 e. The highest BCUT2D eigenvalue weighted by molar-refractivity contribution is 9.10. The quantitative estimate of drug-likeness (QED) is 0.730. The van der Waals surface area contributed by atoms with Gasteiger partial charge < -0.3 is 0 Å². The van der Waals surface area contributed by atoms with Crippen LogP contribution >= 0.6 is 27.3 Å². The zero-order valence-electron chi connectivity index (χ0n) is 8.38. The number of hydrogen-bond acceptors (Lipinski definition) is 1. The molecular formula is C12H13BrS. The summed E-state index contributed by atoms with van der Waals surface area (Å²) in [4.78, 5) is 1.47. The van der Waals surface area contributed by atoms with Crippen molar-refractivity contribution in [2.45, 2.75) is 20.3 Å². The van der Waals surface area contributed by atoms with Crippen LogP contribution in [0.15, 0.2) is 28.7 Å². The van der Waals surface area contributed by atoms with Crippen molar-refractivity contribution in [3.63, 3.8) is 0 Å². The highest BCUT2D eigenvalue weighted by Crippen LogP contribution is 2.36. The Bertz CT molecular complexity index is 443. The molecule has 0 N–H and O–H groups in total. The Balaban J connectivity index is 2.51. The van der Waals surface area contributed by atoms with Crippen LogP contribution in [0.4, 0.5) is 0 Å². The summed E-state index contributed by atoms with van der Waals surface area (Å²) in [6.07, 6.45) is 1.17. The molecule has 0 aliphatic carbocycles. The van der Waals surface area contributed by atoms with Gasteiger partial charge in [0.1, 0.15) is 0 Å². The van der Waals surface area contributed by atoms with Crippen molar-refractivity contribution >= 4 is 37.4 Å². The second-order valence-corrected chi connectivity index (χ2v) is 5.86. The van der Waals surface area contributed by atoms with Gasteiger partial charge in [-0.15, -0.1) is 11.3 Å². The standard InChI is InChI=1S/C12H13BrS/c1-8(2)7-11-12(13)9-5-3-4-6-10(9)14-11/h3-6,8H,7H2,1-2H3. The summed E-state index contributed by atoms with van der Waals surface area (Å²) in [5, 5.41) is 1.35. The molecule has 74 valence electrons. The SMILES string of the molecule is CC(C)Cc1sc2ccccc2c1Br. The van der Waals surface area contributed by atoms with E-state index in [0.717, 1.165) is 5.92 Å². The lowest BCUT2D eigenvalue weighted by Crippen LogP contribution is -1.90. The van der Waals surface area contributed by atoms with E-state index in [-0.39, 0.29) is 0 Å². The van der Waals surface area contributed by atoms with Crippen LogP contribution in [-0.4, -0.2) is 0 Å². The third-order valence-corrected chi connectivity index (χ3v) is 4.56. The van der Waals surface area contributed by atoms with Crippen molar-refractivity contribution in [1.29, 1.82) is 0 Å². The van der Waals surface area contributed by atoms with E-state index in [0.29, 0.717) is 0 Å². The molecule has 0 radical (unpaired) electrons. The maximum atomic E-state index is 3.69. The molecule has 0 saturated carbocycles. The molecule has 0 fully saturated rings. The first-order chi connectivity index (χ1) is 6.68. The summed E-state index contributed by atoms with van der Waals surface area (Å²) >= 11 is 5.60. The Morgan fingerprint density at radius 1 is 1.29 bits per heavy atom. The second kappa shape index (κ2) is 4.03. The molecule has 14 heavy (non-hydrogen) atoms. The van der Waals surface area contributed by atoms with Crippen LogP contribution in [-0.2, 0) is 6.42 Å². The molecule has 0 aliphatic rings. The van der Waals surface area contributed by atoms with Crippen molar-refractivity contribution < 1.29 is 0 Å². The molecule has 1 heterocycles. The molecule has 0 bridgehead atoms. The van der Waals surface area contributed by atoms with Gasteiger partial charge in [-0.3, -0.25) is 0 Å². The molecule has 0 spiro atoms. The van der Waals surface area contributed by atoms with Gasteiger partial charge in [-0.2, -0.15) is 0 Å². The van der Waals surface area contributed by atoms with Gasteiger partial charge in [0.15, 0.2) is 0 Å². The van der Waals surface area contributed by atoms with E-state index in [1.807, 2.05) is 11.3 Å². The summed E-state index contributed by atoms with van der Waals surface area (Å²) < 4.78 is 2.68. The zero-order valence-corrected chi connectivity index (χ0v) is 10.8. The summed E-state index contributed by atoms with van der Waals surface area (Å²) in [6, 6.07) is 8.57. The van der Waals surface area contributed by atoms with Crippen LogP contribution in [0.5, 0.6) is 0 Å². The van der Waals surface area contributed by atoms with Crippen LogP contribution in [0.2, 0.25) is 0 Å². The lowest BCUT2D eigenvalue weighted by Gasteiger charge is -2.01. The molecule has 1 aromatic carbocycles. The fraction of sp³-hybridized carbons (Fsp3) is 0.333. The van der Waals surface area contributed by atoms with E-state index in [2.05, 4.69) is 54.0 Å². The van der Waals surface area contributed by atoms with E-state index >= 15 is 0 Å². The first kappa shape index (κ1) is 10.2. The Kier molecular flexibility index (Phi) is 2.93. The van der Waals surface area contributed by atoms with Gasteiger partial charge in [-0.05, 0) is 34.3 Å². The fourth-order valence-corrected chi connectivity index (χ4v) is 3.76. The summed E-state index contributed by atoms with van der Waals surface area (Å²) in [7, 11) is 0. The normalized spacial score (nSPS) is 11.4. The molecular weight excluding hydrogens is 256 g/mol. The summed E-state index contributed by atoms with van der Waals surface area (Å²) in [5.41, 5.74) is 0. The third-order valence-electron chi connectivity index (χ3n) is 2.20. The highest BCUT2D eigenvalue weighted by atomic mass is 79.9. The minimum Gasteiger partial charge on any atom is -0.139 e. The molecule has 2 aromatic rings. The van der Waals surface area contributed by atoms with E-state index < -0.39 is 0 Å². The molecule has 1 aromatic heterocycles. The van der Waals surface area contributed by atoms with Crippen molar-refractivity contribution in [1.82, 2.24) is 0 Å². The number of benzene rings is 1. The average molecular weight is 269 g/mol. The largest absolute Gasteiger partial charge is 0.139 e. The lowest BCUT2D eigenvalue weighted by atomic mass is 10.1. The van der Waals surface area contributed by atoms with E-state index in [1.54, 1.807) is 0 Å². The molecule has 0 amide bonds. The van der Waals surface area contributed by atoms with Gasteiger partial charge in [0.05, 0.1) is 0 Å². The van der Waals surface area contributed by atoms with Crippen molar-refractivity contribution in [3.05, 3.63) is 33.6 Å². The van der Waals surface area contributed by atoms with Gasteiger partial charge in [-0.1, -0.05) is 32.0 Å². The Labute approximate surface area is 97.1 Å². The molecule has 0 nitrogen and oxygen atoms in total. The molecule has 0 saturated heterocycles. The van der Waals surface area contributed by atoms with Crippen LogP contribution in [0.25, 0.3) is 10.1 Å². The van der Waals surface area contributed by atoms with Crippen LogP contribution < -0.4 is 0 Å². The Hall–Kier alpha value is -0.340. The van der Waals surface area contributed by atoms with Crippen LogP contribution in [0.1, 0.15) is 18.7 Å². The van der Waals surface area contributed by atoms with E-state index in [1.165, 1.54) is 25.9 Å². The molecule has 2 heteroatoms. The highest BCUT2D eigenvalue weighted by Gasteiger charge is 2.09. The molecule has 0 aliphatic heterocycles. The van der Waals surface area contributed by atoms with Gasteiger partial charge in [0, 0.05) is 19.4 Å². The fourth-order valence-electron chi connectivity index (χ4n) is 1.57. The second-order valence-electron chi connectivity index (χ2n) is 3.93. The molecule has 2 rings (SSSR count). The summed E-state index contributed by atoms with van der Waals surface area (Å²) in [6.45, 7) is 4.52. The van der Waals surface area contributed by atoms with Gasteiger partial charge in [0.25, 0.3) is 0 Å². The lowest BCUT2D eigenvalue weighted by molar-refractivity contribution is 0.653. The number of halogens is 1. The minimum absolute atomic E-state index is 0.722. The van der Waals surface area contributed by atoms with Crippen molar-refractivity contribution in [2.24, 2.45) is 5.92 Å². The molecule has 0 atom stereocenters. The van der Waals surface area contributed by atoms with Gasteiger partial charge >= 0.3 is 0 Å². The number of rotatable bonds is 2. The Morgan fingerprint density at radius 2 is 2.00 bits per heavy atom. The number of thiophene rings is 1. The summed E-state index contributed by atoms with van der Waals surface area (Å²) in [5.74, 6) is 0.722. The minimum atomic E-state index is 0.722. The monoisotopic (exact) mass is 268 g/mol. The Morgan fingerprint density at radius 3 is 2.64 bits per heavy atom. The first-order valence-electron chi connectivity index (χ1n) is 4.84. The average Bonchev–Trinajstić information content (AvgIpc) is 2.44. The predicted octanol–water partition coefficient (Wildman–Crippen LogP) is 4.86. The maximum Gasteiger partial charge on any atom is 0.0393 e. The third kappa shape index (κ3) is 1.86. The van der Waals surface area contributed by atoms with Crippen molar-refractivity contribution in [2.75, 3.05) is 0 Å². The predicted molar refractivity (Wildman–Crippen MR) is 68.1 cm³/mol. The van der Waals surface area contributed by atoms with Gasteiger partial charge in [-0.25, -0.2) is 0 Å². The van der Waals surface area contributed by atoms with Crippen molar-refractivity contribution in [3.8, 4) is 0 Å². The number of hydrogen-bond donors (Lipinski definition) is 0. The molecule has 0 unspecified atom stereocenters. The van der Waals surface area contributed by atoms with E-state index in [9.17, 15) is 0 Å². The van der Waals surface area contributed by atoms with Crippen LogP contribution in [0, 0.1) is 5.92 Å². The first-order valence-corrected chi connectivity index (χ1v) is 6.45.